The van der Waals surface area contributed by atoms with Crippen LogP contribution in [0.4, 0.5) is 5.82 Å². The molecule has 2 unspecified atom stereocenters. The minimum absolute atomic E-state index is 0.00647. The SMILES string of the molecule is O=C(NCCCc1ccc2c(n1)NCCC2)C1[C@H]2CN(C(C(=O)O)c3ccccc3Cl)C[C@@H]12. The first-order valence-electron chi connectivity index (χ1n) is 11.7. The summed E-state index contributed by atoms with van der Waals surface area (Å²) in [6, 6.07) is 10.6. The molecule has 3 heterocycles. The van der Waals surface area contributed by atoms with Crippen LogP contribution < -0.4 is 10.6 Å². The Balaban J connectivity index is 1.08. The summed E-state index contributed by atoms with van der Waals surface area (Å²) in [5.41, 5.74) is 2.95. The number of pyridine rings is 1. The van der Waals surface area contributed by atoms with E-state index in [1.54, 1.807) is 24.3 Å². The molecule has 8 heteroatoms. The van der Waals surface area contributed by atoms with Crippen LogP contribution in [-0.4, -0.2) is 53.0 Å². The molecule has 33 heavy (non-hydrogen) atoms. The predicted octanol–water partition coefficient (Wildman–Crippen LogP) is 3.15. The van der Waals surface area contributed by atoms with Gasteiger partial charge in [0.15, 0.2) is 0 Å². The van der Waals surface area contributed by atoms with Crippen molar-refractivity contribution in [1.82, 2.24) is 15.2 Å². The maximum atomic E-state index is 12.7. The van der Waals surface area contributed by atoms with Gasteiger partial charge in [0.25, 0.3) is 0 Å². The number of carboxylic acid groups (broad SMARTS) is 1. The fourth-order valence-corrected chi connectivity index (χ4v) is 5.69. The molecular formula is C25H29ClN4O3. The van der Waals surface area contributed by atoms with Gasteiger partial charge in [-0.3, -0.25) is 14.5 Å². The molecule has 0 radical (unpaired) electrons. The minimum Gasteiger partial charge on any atom is -0.480 e. The van der Waals surface area contributed by atoms with E-state index in [0.717, 1.165) is 43.7 Å². The van der Waals surface area contributed by atoms with Gasteiger partial charge in [-0.05, 0) is 60.8 Å². The van der Waals surface area contributed by atoms with Crippen LogP contribution >= 0.6 is 11.6 Å². The van der Waals surface area contributed by atoms with Crippen molar-refractivity contribution in [2.75, 3.05) is 31.5 Å². The summed E-state index contributed by atoms with van der Waals surface area (Å²) in [5.74, 6) is 0.638. The Labute approximate surface area is 198 Å². The highest BCUT2D eigenvalue weighted by Gasteiger charge is 2.60. The summed E-state index contributed by atoms with van der Waals surface area (Å²) in [6.07, 6.45) is 3.91. The summed E-state index contributed by atoms with van der Waals surface area (Å²) in [7, 11) is 0. The maximum Gasteiger partial charge on any atom is 0.325 e. The fourth-order valence-electron chi connectivity index (χ4n) is 5.45. The first kappa shape index (κ1) is 22.2. The van der Waals surface area contributed by atoms with Gasteiger partial charge in [-0.15, -0.1) is 0 Å². The summed E-state index contributed by atoms with van der Waals surface area (Å²) < 4.78 is 0. The van der Waals surface area contributed by atoms with E-state index in [2.05, 4.69) is 22.8 Å². The Bertz CT molecular complexity index is 1050. The topological polar surface area (TPSA) is 94.6 Å². The zero-order valence-electron chi connectivity index (χ0n) is 18.5. The number of aliphatic carboxylic acids is 1. The molecule has 1 saturated heterocycles. The summed E-state index contributed by atoms with van der Waals surface area (Å²) in [5, 5.41) is 16.7. The number of fused-ring (bicyclic) bond motifs is 2. The van der Waals surface area contributed by atoms with Crippen LogP contribution in [0.25, 0.3) is 0 Å². The van der Waals surface area contributed by atoms with Crippen LogP contribution in [0.15, 0.2) is 36.4 Å². The normalized spacial score (nSPS) is 24.3. The average molecular weight is 469 g/mol. The van der Waals surface area contributed by atoms with Crippen molar-refractivity contribution in [3.8, 4) is 0 Å². The number of nitrogens with one attached hydrogen (secondary N) is 2. The molecule has 1 amide bonds. The fraction of sp³-hybridized carbons (Fsp3) is 0.480. The molecule has 2 aromatic rings. The van der Waals surface area contributed by atoms with Crippen LogP contribution in [-0.2, 0) is 22.4 Å². The van der Waals surface area contributed by atoms with E-state index in [1.165, 1.54) is 5.56 Å². The lowest BCUT2D eigenvalue weighted by molar-refractivity contribution is -0.143. The molecule has 2 aliphatic heterocycles. The number of aromatic nitrogens is 1. The number of amides is 1. The van der Waals surface area contributed by atoms with Crippen LogP contribution in [0.1, 0.15) is 35.7 Å². The number of hydrogen-bond donors (Lipinski definition) is 3. The maximum absolute atomic E-state index is 12.7. The van der Waals surface area contributed by atoms with Crippen LogP contribution in [0, 0.1) is 17.8 Å². The second-order valence-electron chi connectivity index (χ2n) is 9.30. The highest BCUT2D eigenvalue weighted by atomic mass is 35.5. The lowest BCUT2D eigenvalue weighted by Gasteiger charge is -2.27. The molecule has 0 spiro atoms. The minimum atomic E-state index is -0.906. The molecule has 3 N–H and O–H groups in total. The Morgan fingerprint density at radius 3 is 2.76 bits per heavy atom. The van der Waals surface area contributed by atoms with Gasteiger partial charge in [0, 0.05) is 42.8 Å². The number of piperidine rings is 1. The van der Waals surface area contributed by atoms with Crippen molar-refractivity contribution in [3.63, 3.8) is 0 Å². The molecule has 4 atom stereocenters. The predicted molar refractivity (Wildman–Crippen MR) is 126 cm³/mol. The van der Waals surface area contributed by atoms with Gasteiger partial charge in [-0.25, -0.2) is 4.98 Å². The first-order chi connectivity index (χ1) is 16.0. The van der Waals surface area contributed by atoms with E-state index in [9.17, 15) is 14.7 Å². The van der Waals surface area contributed by atoms with E-state index in [-0.39, 0.29) is 23.7 Å². The zero-order valence-corrected chi connectivity index (χ0v) is 19.2. The van der Waals surface area contributed by atoms with Crippen LogP contribution in [0.5, 0.6) is 0 Å². The second-order valence-corrected chi connectivity index (χ2v) is 9.71. The van der Waals surface area contributed by atoms with E-state index in [4.69, 9.17) is 16.6 Å². The third kappa shape index (κ3) is 4.57. The first-order valence-corrected chi connectivity index (χ1v) is 12.1. The third-order valence-corrected chi connectivity index (χ3v) is 7.53. The quantitative estimate of drug-likeness (QED) is 0.515. The van der Waals surface area contributed by atoms with Crippen molar-refractivity contribution in [2.24, 2.45) is 17.8 Å². The third-order valence-electron chi connectivity index (χ3n) is 7.18. The van der Waals surface area contributed by atoms with E-state index < -0.39 is 12.0 Å². The number of anilines is 1. The number of benzene rings is 1. The Hall–Kier alpha value is -2.64. The largest absolute Gasteiger partial charge is 0.480 e. The molecule has 7 nitrogen and oxygen atoms in total. The summed E-state index contributed by atoms with van der Waals surface area (Å²) >= 11 is 6.26. The average Bonchev–Trinajstić information content (AvgIpc) is 3.32. The van der Waals surface area contributed by atoms with Gasteiger partial charge >= 0.3 is 5.97 Å². The van der Waals surface area contributed by atoms with Gasteiger partial charge in [-0.2, -0.15) is 0 Å². The number of halogens is 1. The lowest BCUT2D eigenvalue weighted by Crippen LogP contribution is -2.37. The number of carboxylic acids is 1. The number of likely N-dealkylation sites (tertiary alicyclic amines) is 1. The molecule has 3 aliphatic rings. The van der Waals surface area contributed by atoms with Gasteiger partial charge in [-0.1, -0.05) is 35.9 Å². The molecule has 5 rings (SSSR count). The van der Waals surface area contributed by atoms with Crippen LogP contribution in [0.3, 0.4) is 0 Å². The molecular weight excluding hydrogens is 440 g/mol. The number of nitrogens with zero attached hydrogens (tertiary/aromatic N) is 2. The highest BCUT2D eigenvalue weighted by molar-refractivity contribution is 6.31. The monoisotopic (exact) mass is 468 g/mol. The number of carbonyl (C=O) groups is 2. The molecule has 2 fully saturated rings. The van der Waals surface area contributed by atoms with Crippen LogP contribution in [0.2, 0.25) is 5.02 Å². The summed E-state index contributed by atoms with van der Waals surface area (Å²) in [6.45, 7) is 2.82. The second kappa shape index (κ2) is 9.31. The van der Waals surface area contributed by atoms with Gasteiger partial charge in [0.1, 0.15) is 11.9 Å². The molecule has 1 aromatic carbocycles. The van der Waals surface area contributed by atoms with Crippen molar-refractivity contribution < 1.29 is 14.7 Å². The summed E-state index contributed by atoms with van der Waals surface area (Å²) in [4.78, 5) is 31.3. The highest BCUT2D eigenvalue weighted by Crippen LogP contribution is 2.53. The molecule has 1 aromatic heterocycles. The molecule has 1 aliphatic carbocycles. The zero-order chi connectivity index (χ0) is 22.9. The lowest BCUT2D eigenvalue weighted by atomic mass is 10.0. The van der Waals surface area contributed by atoms with Crippen molar-refractivity contribution in [3.05, 3.63) is 58.2 Å². The number of rotatable bonds is 8. The van der Waals surface area contributed by atoms with Gasteiger partial charge in [0.2, 0.25) is 5.91 Å². The Kier molecular flexibility index (Phi) is 6.25. The van der Waals surface area contributed by atoms with Crippen molar-refractivity contribution in [1.29, 1.82) is 0 Å². The molecule has 174 valence electrons. The standard InChI is InChI=1S/C25H29ClN4O3/c26-20-8-2-1-7-17(20)22(25(32)33)30-13-18-19(14-30)21(18)24(31)28-12-4-6-16-10-9-15-5-3-11-27-23(15)29-16/h1-2,7-10,18-19,21-22H,3-6,11-14H2,(H,27,29)(H,28,31)(H,32,33)/t18-,19+,21?,22?. The van der Waals surface area contributed by atoms with Gasteiger partial charge < -0.3 is 15.7 Å². The van der Waals surface area contributed by atoms with E-state index in [0.29, 0.717) is 30.2 Å². The van der Waals surface area contributed by atoms with Crippen molar-refractivity contribution in [2.45, 2.75) is 31.7 Å². The number of carbonyl (C=O) groups excluding carboxylic acids is 1. The molecule has 1 saturated carbocycles. The van der Waals surface area contributed by atoms with E-state index in [1.807, 2.05) is 4.90 Å². The smallest absolute Gasteiger partial charge is 0.325 e. The Morgan fingerprint density at radius 2 is 2.00 bits per heavy atom. The van der Waals surface area contributed by atoms with Crippen molar-refractivity contribution >= 4 is 29.3 Å². The number of aryl methyl sites for hydroxylation is 2. The van der Waals surface area contributed by atoms with Gasteiger partial charge in [0.05, 0.1) is 0 Å². The Morgan fingerprint density at radius 1 is 1.21 bits per heavy atom. The molecule has 0 bridgehead atoms. The number of hydrogen-bond acceptors (Lipinski definition) is 5. The van der Waals surface area contributed by atoms with E-state index >= 15 is 0 Å².